The van der Waals surface area contributed by atoms with Crippen molar-refractivity contribution in [3.63, 3.8) is 0 Å². The first-order valence-electron chi connectivity index (χ1n) is 11.9. The van der Waals surface area contributed by atoms with Crippen molar-refractivity contribution in [3.8, 4) is 17.3 Å². The molecular formula is C26H24F2N8O. The first kappa shape index (κ1) is 24.3. The average Bonchev–Trinajstić information content (AvgIpc) is 3.47. The summed E-state index contributed by atoms with van der Waals surface area (Å²) in [6.45, 7) is 3.63. The number of amides is 1. The maximum absolute atomic E-state index is 14.9. The molecule has 4 aromatic rings. The highest BCUT2D eigenvalue weighted by atomic mass is 19.1. The molecular weight excluding hydrogens is 478 g/mol. The van der Waals surface area contributed by atoms with Gasteiger partial charge in [-0.15, -0.1) is 5.10 Å². The van der Waals surface area contributed by atoms with Crippen molar-refractivity contribution in [2.75, 3.05) is 18.8 Å². The van der Waals surface area contributed by atoms with Crippen LogP contribution in [-0.4, -0.2) is 49.5 Å². The van der Waals surface area contributed by atoms with Crippen LogP contribution in [0, 0.1) is 23.0 Å². The summed E-state index contributed by atoms with van der Waals surface area (Å²) in [6, 6.07) is 12.2. The van der Waals surface area contributed by atoms with E-state index in [1.54, 1.807) is 29.2 Å². The van der Waals surface area contributed by atoms with Crippen molar-refractivity contribution in [1.82, 2.24) is 29.8 Å². The lowest BCUT2D eigenvalue weighted by atomic mass is 10.0. The van der Waals surface area contributed by atoms with Gasteiger partial charge in [0.2, 0.25) is 11.9 Å². The van der Waals surface area contributed by atoms with Gasteiger partial charge < -0.3 is 16.0 Å². The van der Waals surface area contributed by atoms with Crippen LogP contribution in [0.2, 0.25) is 0 Å². The molecule has 37 heavy (non-hydrogen) atoms. The molecule has 1 saturated heterocycles. The molecule has 1 aliphatic heterocycles. The SMILES string of the molecule is CCN1CCC(NCc2cccc(F)c2Cc2nc3cc(-c4cccc(C#N)c4F)nc(N)n3n2)C1=O. The Morgan fingerprint density at radius 3 is 2.78 bits per heavy atom. The van der Waals surface area contributed by atoms with Crippen molar-refractivity contribution in [2.24, 2.45) is 0 Å². The number of nitrogens with zero attached hydrogens (tertiary/aromatic N) is 6. The molecule has 0 spiro atoms. The Morgan fingerprint density at radius 2 is 2.03 bits per heavy atom. The lowest BCUT2D eigenvalue weighted by molar-refractivity contribution is -0.129. The van der Waals surface area contributed by atoms with Crippen molar-refractivity contribution < 1.29 is 13.6 Å². The second-order valence-corrected chi connectivity index (χ2v) is 8.77. The molecule has 1 unspecified atom stereocenters. The van der Waals surface area contributed by atoms with Crippen LogP contribution in [0.15, 0.2) is 42.5 Å². The molecule has 2 aromatic carbocycles. The first-order valence-corrected chi connectivity index (χ1v) is 11.9. The van der Waals surface area contributed by atoms with Crippen LogP contribution >= 0.6 is 0 Å². The van der Waals surface area contributed by atoms with E-state index in [1.807, 2.05) is 6.92 Å². The van der Waals surface area contributed by atoms with Crippen LogP contribution in [0.1, 0.15) is 35.9 Å². The minimum Gasteiger partial charge on any atom is -0.368 e. The van der Waals surface area contributed by atoms with Gasteiger partial charge in [0.05, 0.1) is 17.3 Å². The third-order valence-electron chi connectivity index (χ3n) is 6.56. The zero-order valence-corrected chi connectivity index (χ0v) is 20.1. The number of carbonyl (C=O) groups is 1. The van der Waals surface area contributed by atoms with E-state index in [1.165, 1.54) is 28.8 Å². The summed E-state index contributed by atoms with van der Waals surface area (Å²) in [5.74, 6) is -0.778. The summed E-state index contributed by atoms with van der Waals surface area (Å²) in [7, 11) is 0. The van der Waals surface area contributed by atoms with Gasteiger partial charge in [-0.3, -0.25) is 4.79 Å². The highest BCUT2D eigenvalue weighted by Crippen LogP contribution is 2.26. The summed E-state index contributed by atoms with van der Waals surface area (Å²) in [4.78, 5) is 22.9. The third-order valence-corrected chi connectivity index (χ3v) is 6.56. The Bertz CT molecular complexity index is 1540. The molecule has 11 heteroatoms. The van der Waals surface area contributed by atoms with Gasteiger partial charge in [0.1, 0.15) is 17.7 Å². The van der Waals surface area contributed by atoms with Gasteiger partial charge in [0.25, 0.3) is 0 Å². The fraction of sp³-hybridized carbons (Fsp3) is 0.269. The number of carbonyl (C=O) groups excluding carboxylic acids is 1. The number of nitrogens with one attached hydrogen (secondary N) is 1. The molecule has 0 saturated carbocycles. The number of rotatable bonds is 7. The van der Waals surface area contributed by atoms with E-state index in [0.717, 1.165) is 0 Å². The van der Waals surface area contributed by atoms with Crippen LogP contribution in [0.25, 0.3) is 16.9 Å². The summed E-state index contributed by atoms with van der Waals surface area (Å²) in [6.07, 6.45) is 0.788. The molecule has 0 radical (unpaired) electrons. The van der Waals surface area contributed by atoms with Crippen LogP contribution in [0.4, 0.5) is 14.7 Å². The molecule has 1 atom stereocenters. The number of halogens is 2. The highest BCUT2D eigenvalue weighted by Gasteiger charge is 2.30. The van der Waals surface area contributed by atoms with Gasteiger partial charge in [-0.1, -0.05) is 18.2 Å². The number of hydrogen-bond acceptors (Lipinski definition) is 7. The molecule has 3 N–H and O–H groups in total. The summed E-state index contributed by atoms with van der Waals surface area (Å²) >= 11 is 0. The Morgan fingerprint density at radius 1 is 1.22 bits per heavy atom. The highest BCUT2D eigenvalue weighted by molar-refractivity contribution is 5.83. The number of anilines is 1. The summed E-state index contributed by atoms with van der Waals surface area (Å²) in [5.41, 5.74) is 7.70. The minimum atomic E-state index is -0.702. The van der Waals surface area contributed by atoms with Crippen molar-refractivity contribution in [1.29, 1.82) is 5.26 Å². The van der Waals surface area contributed by atoms with Crippen LogP contribution in [0.3, 0.4) is 0 Å². The van der Waals surface area contributed by atoms with Gasteiger partial charge in [0, 0.05) is 37.7 Å². The molecule has 2 aromatic heterocycles. The van der Waals surface area contributed by atoms with Gasteiger partial charge in [-0.05, 0) is 42.7 Å². The number of fused-ring (bicyclic) bond motifs is 1. The Labute approximate surface area is 211 Å². The molecule has 1 amide bonds. The average molecular weight is 503 g/mol. The van der Waals surface area contributed by atoms with E-state index in [2.05, 4.69) is 20.4 Å². The van der Waals surface area contributed by atoms with Gasteiger partial charge in [-0.2, -0.15) is 9.78 Å². The van der Waals surface area contributed by atoms with Crippen molar-refractivity contribution in [2.45, 2.75) is 32.4 Å². The Hall–Kier alpha value is -4.43. The first-order chi connectivity index (χ1) is 17.9. The molecule has 0 bridgehead atoms. The lowest BCUT2D eigenvalue weighted by Gasteiger charge is -2.16. The molecule has 0 aliphatic carbocycles. The monoisotopic (exact) mass is 502 g/mol. The zero-order valence-electron chi connectivity index (χ0n) is 20.1. The van der Waals surface area contributed by atoms with E-state index >= 15 is 0 Å². The predicted octanol–water partition coefficient (Wildman–Crippen LogP) is 2.82. The normalized spacial score (nSPS) is 15.5. The number of nitriles is 1. The molecule has 5 rings (SSSR count). The van der Waals surface area contributed by atoms with Gasteiger partial charge in [-0.25, -0.2) is 18.7 Å². The number of hydrogen-bond donors (Lipinski definition) is 2. The molecule has 3 heterocycles. The maximum Gasteiger partial charge on any atom is 0.239 e. The van der Waals surface area contributed by atoms with E-state index in [4.69, 9.17) is 11.0 Å². The van der Waals surface area contributed by atoms with E-state index in [-0.39, 0.29) is 41.1 Å². The largest absolute Gasteiger partial charge is 0.368 e. The van der Waals surface area contributed by atoms with E-state index < -0.39 is 11.6 Å². The Kier molecular flexibility index (Phi) is 6.50. The minimum absolute atomic E-state index is 0.0244. The third kappa shape index (κ3) is 4.59. The Balaban J connectivity index is 1.42. The quantitative estimate of drug-likeness (QED) is 0.398. The standard InChI is InChI=1S/C26H24F2N8O/c1-2-35-10-9-20(25(35)37)31-14-16-6-4-8-19(27)18(16)11-22-33-23-12-21(32-26(30)36(23)34-22)17-7-3-5-15(13-29)24(17)28/h3-8,12,20,31H,2,9-11,14H2,1H3,(H2,30,32). The van der Waals surface area contributed by atoms with E-state index in [0.29, 0.717) is 48.7 Å². The van der Waals surface area contributed by atoms with Gasteiger partial charge >= 0.3 is 0 Å². The van der Waals surface area contributed by atoms with Crippen LogP contribution in [-0.2, 0) is 17.8 Å². The second kappa shape index (κ2) is 9.91. The summed E-state index contributed by atoms with van der Waals surface area (Å²) < 4.78 is 30.9. The summed E-state index contributed by atoms with van der Waals surface area (Å²) in [5, 5.41) is 16.7. The maximum atomic E-state index is 14.9. The zero-order chi connectivity index (χ0) is 26.1. The number of nitrogens with two attached hydrogens (primary N) is 1. The van der Waals surface area contributed by atoms with Gasteiger partial charge in [0.15, 0.2) is 11.5 Å². The molecule has 1 fully saturated rings. The molecule has 9 nitrogen and oxygen atoms in total. The number of likely N-dealkylation sites (N-methyl/N-ethyl adjacent to an activating group) is 1. The topological polar surface area (TPSA) is 125 Å². The van der Waals surface area contributed by atoms with Crippen molar-refractivity contribution >= 4 is 17.5 Å². The van der Waals surface area contributed by atoms with E-state index in [9.17, 15) is 13.6 Å². The second-order valence-electron chi connectivity index (χ2n) is 8.77. The number of nitrogen functional groups attached to an aromatic ring is 1. The predicted molar refractivity (Wildman–Crippen MR) is 132 cm³/mol. The fourth-order valence-corrected chi connectivity index (χ4v) is 4.59. The van der Waals surface area contributed by atoms with Crippen LogP contribution in [0.5, 0.6) is 0 Å². The molecule has 188 valence electrons. The fourth-order valence-electron chi connectivity index (χ4n) is 4.59. The van der Waals surface area contributed by atoms with Crippen molar-refractivity contribution in [3.05, 3.63) is 76.6 Å². The number of aromatic nitrogens is 4. The smallest absolute Gasteiger partial charge is 0.239 e. The molecule has 1 aliphatic rings. The lowest BCUT2D eigenvalue weighted by Crippen LogP contribution is -2.38. The van der Waals surface area contributed by atoms with Crippen LogP contribution < -0.4 is 11.1 Å². The number of likely N-dealkylation sites (tertiary alicyclic amines) is 1. The number of benzene rings is 2.